The fraction of sp³-hybridized carbons (Fsp3) is 0.500. The highest BCUT2D eigenvalue weighted by Crippen LogP contribution is 2.29. The van der Waals surface area contributed by atoms with Gasteiger partial charge >= 0.3 is 0 Å². The molecule has 0 saturated carbocycles. The molecular formula is C16H23Cl2N. The van der Waals surface area contributed by atoms with E-state index >= 15 is 0 Å². The zero-order valence-electron chi connectivity index (χ0n) is 12.0. The average molecular weight is 300 g/mol. The van der Waals surface area contributed by atoms with Crippen molar-refractivity contribution in [1.82, 2.24) is 5.32 Å². The van der Waals surface area contributed by atoms with Crippen LogP contribution >= 0.6 is 23.2 Å². The van der Waals surface area contributed by atoms with Crippen molar-refractivity contribution >= 4 is 23.2 Å². The standard InChI is InChI=1S/C16H23Cl2N/c1-5-16(4,11-19-10-12(2)3)9-13-8-14(17)6-7-15(13)18/h5-8,12,19H,1,9-11H2,2-4H3. The molecule has 106 valence electrons. The number of halogens is 2. The van der Waals surface area contributed by atoms with Gasteiger partial charge in [-0.2, -0.15) is 0 Å². The molecule has 1 aromatic carbocycles. The van der Waals surface area contributed by atoms with Gasteiger partial charge in [-0.3, -0.25) is 0 Å². The molecule has 0 aromatic heterocycles. The molecule has 1 aromatic rings. The van der Waals surface area contributed by atoms with Crippen molar-refractivity contribution in [3.05, 3.63) is 46.5 Å². The fourth-order valence-corrected chi connectivity index (χ4v) is 2.35. The van der Waals surface area contributed by atoms with E-state index < -0.39 is 0 Å². The van der Waals surface area contributed by atoms with Crippen molar-refractivity contribution in [3.63, 3.8) is 0 Å². The van der Waals surface area contributed by atoms with Crippen LogP contribution in [-0.4, -0.2) is 13.1 Å². The lowest BCUT2D eigenvalue weighted by Gasteiger charge is -2.27. The summed E-state index contributed by atoms with van der Waals surface area (Å²) in [6, 6.07) is 5.61. The van der Waals surface area contributed by atoms with Gasteiger partial charge in [-0.1, -0.05) is 50.0 Å². The van der Waals surface area contributed by atoms with Gasteiger partial charge < -0.3 is 5.32 Å². The Morgan fingerprint density at radius 2 is 2.05 bits per heavy atom. The van der Waals surface area contributed by atoms with Crippen molar-refractivity contribution in [3.8, 4) is 0 Å². The molecule has 1 N–H and O–H groups in total. The van der Waals surface area contributed by atoms with Gasteiger partial charge in [-0.25, -0.2) is 0 Å². The number of hydrogen-bond acceptors (Lipinski definition) is 1. The van der Waals surface area contributed by atoms with Crippen molar-refractivity contribution < 1.29 is 0 Å². The lowest BCUT2D eigenvalue weighted by molar-refractivity contribution is 0.378. The van der Waals surface area contributed by atoms with E-state index in [-0.39, 0.29) is 5.41 Å². The SMILES string of the molecule is C=CC(C)(CNCC(C)C)Cc1cc(Cl)ccc1Cl. The van der Waals surface area contributed by atoms with E-state index in [2.05, 4.69) is 32.7 Å². The van der Waals surface area contributed by atoms with E-state index in [9.17, 15) is 0 Å². The molecule has 1 rings (SSSR count). The third kappa shape index (κ3) is 5.56. The molecular weight excluding hydrogens is 277 g/mol. The summed E-state index contributed by atoms with van der Waals surface area (Å²) in [6.07, 6.45) is 2.83. The van der Waals surface area contributed by atoms with Gasteiger partial charge in [0.15, 0.2) is 0 Å². The van der Waals surface area contributed by atoms with Crippen LogP contribution in [0.4, 0.5) is 0 Å². The van der Waals surface area contributed by atoms with E-state index in [1.54, 1.807) is 0 Å². The second-order valence-electron chi connectivity index (χ2n) is 5.80. The normalized spacial score (nSPS) is 14.4. The Bertz CT molecular complexity index is 429. The van der Waals surface area contributed by atoms with E-state index in [4.69, 9.17) is 23.2 Å². The number of nitrogens with one attached hydrogen (secondary N) is 1. The predicted octanol–water partition coefficient (Wildman–Crippen LogP) is 4.97. The Morgan fingerprint density at radius 3 is 2.63 bits per heavy atom. The molecule has 0 fully saturated rings. The second-order valence-corrected chi connectivity index (χ2v) is 6.64. The number of benzene rings is 1. The zero-order valence-corrected chi connectivity index (χ0v) is 13.5. The molecule has 1 unspecified atom stereocenters. The van der Waals surface area contributed by atoms with Crippen molar-refractivity contribution in [2.45, 2.75) is 27.2 Å². The maximum atomic E-state index is 6.23. The van der Waals surface area contributed by atoms with E-state index in [1.807, 2.05) is 24.3 Å². The highest BCUT2D eigenvalue weighted by atomic mass is 35.5. The summed E-state index contributed by atoms with van der Waals surface area (Å²) in [5.74, 6) is 0.642. The van der Waals surface area contributed by atoms with Crippen LogP contribution in [0.2, 0.25) is 10.0 Å². The van der Waals surface area contributed by atoms with Crippen molar-refractivity contribution in [2.75, 3.05) is 13.1 Å². The van der Waals surface area contributed by atoms with Crippen LogP contribution in [0.25, 0.3) is 0 Å². The molecule has 3 heteroatoms. The smallest absolute Gasteiger partial charge is 0.0439 e. The Kier molecular flexibility index (Phi) is 6.38. The molecule has 1 atom stereocenters. The van der Waals surface area contributed by atoms with Crippen LogP contribution in [0.1, 0.15) is 26.3 Å². The maximum Gasteiger partial charge on any atom is 0.0439 e. The summed E-state index contributed by atoms with van der Waals surface area (Å²) in [4.78, 5) is 0. The Balaban J connectivity index is 2.74. The Hall–Kier alpha value is -0.500. The van der Waals surface area contributed by atoms with Crippen LogP contribution < -0.4 is 5.32 Å². The van der Waals surface area contributed by atoms with Gasteiger partial charge in [0.2, 0.25) is 0 Å². The first-order valence-corrected chi connectivity index (χ1v) is 7.40. The fourth-order valence-electron chi connectivity index (χ4n) is 1.97. The van der Waals surface area contributed by atoms with E-state index in [0.29, 0.717) is 5.92 Å². The predicted molar refractivity (Wildman–Crippen MR) is 86.2 cm³/mol. The van der Waals surface area contributed by atoms with Gasteiger partial charge in [-0.15, -0.1) is 6.58 Å². The summed E-state index contributed by atoms with van der Waals surface area (Å²) in [7, 11) is 0. The quantitative estimate of drug-likeness (QED) is 0.701. The largest absolute Gasteiger partial charge is 0.316 e. The highest BCUT2D eigenvalue weighted by molar-refractivity contribution is 6.33. The zero-order chi connectivity index (χ0) is 14.5. The molecule has 19 heavy (non-hydrogen) atoms. The van der Waals surface area contributed by atoms with Gasteiger partial charge in [-0.05, 0) is 42.6 Å². The van der Waals surface area contributed by atoms with Gasteiger partial charge in [0.05, 0.1) is 0 Å². The summed E-state index contributed by atoms with van der Waals surface area (Å²) in [6.45, 7) is 12.4. The average Bonchev–Trinajstić information content (AvgIpc) is 2.33. The van der Waals surface area contributed by atoms with Gasteiger partial charge in [0, 0.05) is 22.0 Å². The monoisotopic (exact) mass is 299 g/mol. The molecule has 0 amide bonds. The first-order valence-electron chi connectivity index (χ1n) is 6.64. The first kappa shape index (κ1) is 16.6. The number of rotatable bonds is 7. The third-order valence-corrected chi connectivity index (χ3v) is 3.78. The van der Waals surface area contributed by atoms with Crippen LogP contribution in [0.3, 0.4) is 0 Å². The minimum Gasteiger partial charge on any atom is -0.316 e. The minimum absolute atomic E-state index is 0.0246. The summed E-state index contributed by atoms with van der Waals surface area (Å²) in [5, 5.41) is 4.97. The molecule has 0 saturated heterocycles. The maximum absolute atomic E-state index is 6.23. The molecule has 0 heterocycles. The lowest BCUT2D eigenvalue weighted by atomic mass is 9.83. The third-order valence-electron chi connectivity index (χ3n) is 3.18. The summed E-state index contributed by atoms with van der Waals surface area (Å²) < 4.78 is 0. The molecule has 0 spiro atoms. The topological polar surface area (TPSA) is 12.0 Å². The summed E-state index contributed by atoms with van der Waals surface area (Å²) in [5.41, 5.74) is 1.05. The van der Waals surface area contributed by atoms with Crippen LogP contribution in [0, 0.1) is 11.3 Å². The first-order chi connectivity index (χ1) is 8.86. The van der Waals surface area contributed by atoms with Crippen LogP contribution in [0.15, 0.2) is 30.9 Å². The summed E-state index contributed by atoms with van der Waals surface area (Å²) >= 11 is 12.3. The van der Waals surface area contributed by atoms with Crippen LogP contribution in [-0.2, 0) is 6.42 Å². The number of hydrogen-bond donors (Lipinski definition) is 1. The Labute approximate surface area is 127 Å². The second kappa shape index (κ2) is 7.33. The minimum atomic E-state index is -0.0246. The molecule has 0 aliphatic rings. The molecule has 1 nitrogen and oxygen atoms in total. The van der Waals surface area contributed by atoms with Gasteiger partial charge in [0.25, 0.3) is 0 Å². The van der Waals surface area contributed by atoms with Crippen molar-refractivity contribution in [2.24, 2.45) is 11.3 Å². The highest BCUT2D eigenvalue weighted by Gasteiger charge is 2.22. The molecule has 0 aliphatic carbocycles. The molecule has 0 bridgehead atoms. The van der Waals surface area contributed by atoms with Gasteiger partial charge in [0.1, 0.15) is 0 Å². The molecule has 0 aliphatic heterocycles. The lowest BCUT2D eigenvalue weighted by Crippen LogP contribution is -2.34. The van der Waals surface area contributed by atoms with E-state index in [1.165, 1.54) is 0 Å². The van der Waals surface area contributed by atoms with Crippen molar-refractivity contribution in [1.29, 1.82) is 0 Å². The molecule has 0 radical (unpaired) electrons. The van der Waals surface area contributed by atoms with Crippen LogP contribution in [0.5, 0.6) is 0 Å². The Morgan fingerprint density at radius 1 is 1.37 bits per heavy atom. The van der Waals surface area contributed by atoms with E-state index in [0.717, 1.165) is 35.1 Å².